The first kappa shape index (κ1) is 16.9. The molecule has 0 spiro atoms. The van der Waals surface area contributed by atoms with Gasteiger partial charge in [0, 0.05) is 43.2 Å². The number of pyridine rings is 1. The molecule has 0 saturated heterocycles. The first-order chi connectivity index (χ1) is 12.3. The van der Waals surface area contributed by atoms with E-state index in [0.717, 1.165) is 5.56 Å². The lowest BCUT2D eigenvalue weighted by Gasteiger charge is -2.17. The summed E-state index contributed by atoms with van der Waals surface area (Å²) in [6.07, 6.45) is 7.27. The van der Waals surface area contributed by atoms with Crippen molar-refractivity contribution in [2.45, 2.75) is 12.3 Å². The number of rotatable bonds is 7. The Bertz CT molecular complexity index is 803. The third-order valence-electron chi connectivity index (χ3n) is 4.03. The van der Waals surface area contributed by atoms with Gasteiger partial charge in [0.05, 0.1) is 0 Å². The molecule has 0 bridgehead atoms. The molecule has 1 unspecified atom stereocenters. The monoisotopic (exact) mass is 336 g/mol. The molecule has 3 aromatic rings. The Balaban J connectivity index is 1.68. The molecule has 1 atom stereocenters. The average Bonchev–Trinajstić information content (AvgIpc) is 3.20. The highest BCUT2D eigenvalue weighted by Gasteiger charge is 2.14. The predicted molar refractivity (Wildman–Crippen MR) is 94.6 cm³/mol. The maximum atomic E-state index is 12.5. The molecule has 0 fully saturated rings. The van der Waals surface area contributed by atoms with Crippen molar-refractivity contribution in [1.82, 2.24) is 19.9 Å². The van der Waals surface area contributed by atoms with Gasteiger partial charge in [-0.25, -0.2) is 9.97 Å². The van der Waals surface area contributed by atoms with Crippen LogP contribution in [0.4, 0.5) is 0 Å². The number of aliphatic hydroxyl groups is 1. The second kappa shape index (κ2) is 8.21. The van der Waals surface area contributed by atoms with Crippen molar-refractivity contribution in [2.75, 3.05) is 13.2 Å². The summed E-state index contributed by atoms with van der Waals surface area (Å²) in [5.74, 6) is 0.549. The van der Waals surface area contributed by atoms with E-state index in [1.165, 1.54) is 0 Å². The molecule has 6 nitrogen and oxygen atoms in total. The summed E-state index contributed by atoms with van der Waals surface area (Å²) in [6, 6.07) is 13.3. The lowest BCUT2D eigenvalue weighted by molar-refractivity contribution is 0.0949. The van der Waals surface area contributed by atoms with Crippen molar-refractivity contribution in [1.29, 1.82) is 0 Å². The lowest BCUT2D eigenvalue weighted by atomic mass is 9.96. The van der Waals surface area contributed by atoms with Crippen LogP contribution in [0.3, 0.4) is 0 Å². The largest absolute Gasteiger partial charge is 0.396 e. The first-order valence-corrected chi connectivity index (χ1v) is 8.16. The summed E-state index contributed by atoms with van der Waals surface area (Å²) < 4.78 is 1.75. The summed E-state index contributed by atoms with van der Waals surface area (Å²) in [6.45, 7) is 0.543. The van der Waals surface area contributed by atoms with E-state index >= 15 is 0 Å². The number of imidazole rings is 1. The number of amides is 1. The third kappa shape index (κ3) is 4.30. The van der Waals surface area contributed by atoms with Gasteiger partial charge in [0.25, 0.3) is 5.91 Å². The smallest absolute Gasteiger partial charge is 0.251 e. The van der Waals surface area contributed by atoms with Gasteiger partial charge in [-0.2, -0.15) is 0 Å². The maximum Gasteiger partial charge on any atom is 0.251 e. The van der Waals surface area contributed by atoms with Crippen molar-refractivity contribution >= 4 is 5.91 Å². The fourth-order valence-electron chi connectivity index (χ4n) is 2.68. The van der Waals surface area contributed by atoms with Crippen LogP contribution < -0.4 is 5.32 Å². The number of aromatic nitrogens is 3. The van der Waals surface area contributed by atoms with E-state index in [-0.39, 0.29) is 18.4 Å². The van der Waals surface area contributed by atoms with E-state index in [0.29, 0.717) is 24.3 Å². The molecule has 1 aromatic carbocycles. The van der Waals surface area contributed by atoms with E-state index in [1.54, 1.807) is 41.6 Å². The number of hydrogen-bond donors (Lipinski definition) is 2. The van der Waals surface area contributed by atoms with Crippen LogP contribution in [0, 0.1) is 0 Å². The van der Waals surface area contributed by atoms with Crippen molar-refractivity contribution in [3.63, 3.8) is 0 Å². The quantitative estimate of drug-likeness (QED) is 0.693. The molecule has 0 aliphatic carbocycles. The van der Waals surface area contributed by atoms with Crippen LogP contribution >= 0.6 is 0 Å². The Kier molecular flexibility index (Phi) is 5.53. The van der Waals surface area contributed by atoms with Gasteiger partial charge in [-0.05, 0) is 24.1 Å². The minimum Gasteiger partial charge on any atom is -0.396 e. The molecule has 0 radical (unpaired) electrons. The van der Waals surface area contributed by atoms with E-state index in [1.807, 2.05) is 30.3 Å². The Hall–Kier alpha value is -2.99. The predicted octanol–water partition coefficient (Wildman–Crippen LogP) is 2.16. The molecule has 3 rings (SSSR count). The first-order valence-electron chi connectivity index (χ1n) is 8.16. The second-order valence-corrected chi connectivity index (χ2v) is 5.70. The zero-order valence-corrected chi connectivity index (χ0v) is 13.7. The highest BCUT2D eigenvalue weighted by Crippen LogP contribution is 2.18. The molecule has 1 amide bonds. The van der Waals surface area contributed by atoms with E-state index in [4.69, 9.17) is 0 Å². The van der Waals surface area contributed by atoms with Crippen LogP contribution in [-0.4, -0.2) is 38.7 Å². The Labute approximate surface area is 146 Å². The number of benzene rings is 1. The van der Waals surface area contributed by atoms with Gasteiger partial charge in [0.15, 0.2) is 0 Å². The highest BCUT2D eigenvalue weighted by atomic mass is 16.3. The molecule has 0 aliphatic heterocycles. The van der Waals surface area contributed by atoms with Gasteiger partial charge in [0.2, 0.25) is 0 Å². The van der Waals surface area contributed by atoms with Gasteiger partial charge < -0.3 is 10.4 Å². The molecule has 0 saturated carbocycles. The van der Waals surface area contributed by atoms with Gasteiger partial charge in [-0.1, -0.05) is 30.3 Å². The summed E-state index contributed by atoms with van der Waals surface area (Å²) >= 11 is 0. The molecule has 25 heavy (non-hydrogen) atoms. The Morgan fingerprint density at radius 3 is 2.76 bits per heavy atom. The number of aliphatic hydroxyl groups excluding tert-OH is 1. The number of carbonyl (C=O) groups is 1. The van der Waals surface area contributed by atoms with Gasteiger partial charge in [-0.15, -0.1) is 0 Å². The van der Waals surface area contributed by atoms with Crippen LogP contribution in [0.2, 0.25) is 0 Å². The highest BCUT2D eigenvalue weighted by molar-refractivity contribution is 5.94. The molecular formula is C19H20N4O2. The van der Waals surface area contributed by atoms with E-state index in [2.05, 4.69) is 15.3 Å². The van der Waals surface area contributed by atoms with Crippen LogP contribution in [0.25, 0.3) is 5.82 Å². The number of hydrogen-bond acceptors (Lipinski definition) is 4. The van der Waals surface area contributed by atoms with Crippen LogP contribution in [0.1, 0.15) is 28.3 Å². The Morgan fingerprint density at radius 2 is 2.04 bits per heavy atom. The number of nitrogens with one attached hydrogen (secondary N) is 1. The molecule has 2 N–H and O–H groups in total. The fraction of sp³-hybridized carbons (Fsp3) is 0.211. The van der Waals surface area contributed by atoms with Crippen molar-refractivity contribution in [2.24, 2.45) is 0 Å². The minimum absolute atomic E-state index is 0.0742. The zero-order valence-electron chi connectivity index (χ0n) is 13.7. The molecular weight excluding hydrogens is 316 g/mol. The fourth-order valence-corrected chi connectivity index (χ4v) is 2.68. The third-order valence-corrected chi connectivity index (χ3v) is 4.03. The van der Waals surface area contributed by atoms with Crippen LogP contribution in [0.15, 0.2) is 67.4 Å². The normalized spacial score (nSPS) is 11.9. The summed E-state index contributed by atoms with van der Waals surface area (Å²) in [7, 11) is 0. The van der Waals surface area contributed by atoms with Gasteiger partial charge in [0.1, 0.15) is 12.1 Å². The van der Waals surface area contributed by atoms with Crippen LogP contribution in [0.5, 0.6) is 0 Å². The van der Waals surface area contributed by atoms with Crippen molar-refractivity contribution in [3.05, 3.63) is 78.5 Å². The molecule has 2 heterocycles. The minimum atomic E-state index is -0.164. The second-order valence-electron chi connectivity index (χ2n) is 5.70. The van der Waals surface area contributed by atoms with Gasteiger partial charge >= 0.3 is 0 Å². The number of nitrogens with zero attached hydrogens (tertiary/aromatic N) is 3. The molecule has 6 heteroatoms. The lowest BCUT2D eigenvalue weighted by Crippen LogP contribution is -2.29. The maximum absolute atomic E-state index is 12.5. The SMILES string of the molecule is O=C(NCC(CCO)c1ccccc1)c1ccnc(-n2ccnc2)c1. The average molecular weight is 336 g/mol. The summed E-state index contributed by atoms with van der Waals surface area (Å²) in [5.41, 5.74) is 1.64. The van der Waals surface area contributed by atoms with Crippen molar-refractivity contribution in [3.8, 4) is 5.82 Å². The van der Waals surface area contributed by atoms with Crippen LogP contribution in [-0.2, 0) is 0 Å². The topological polar surface area (TPSA) is 80.0 Å². The molecule has 128 valence electrons. The summed E-state index contributed by atoms with van der Waals surface area (Å²) in [5, 5.41) is 12.2. The molecule has 0 aliphatic rings. The van der Waals surface area contributed by atoms with E-state index in [9.17, 15) is 9.90 Å². The van der Waals surface area contributed by atoms with Gasteiger partial charge in [-0.3, -0.25) is 9.36 Å². The number of carbonyl (C=O) groups excluding carboxylic acids is 1. The standard InChI is InChI=1S/C19H20N4O2/c24-11-7-17(15-4-2-1-3-5-15)13-22-19(25)16-6-8-21-18(12-16)23-10-9-20-14-23/h1-6,8-10,12,14,17,24H,7,11,13H2,(H,22,25). The van der Waals surface area contributed by atoms with Crippen molar-refractivity contribution < 1.29 is 9.90 Å². The molecule has 2 aromatic heterocycles. The zero-order chi connectivity index (χ0) is 17.5. The Morgan fingerprint density at radius 1 is 1.20 bits per heavy atom. The summed E-state index contributed by atoms with van der Waals surface area (Å²) in [4.78, 5) is 20.7. The van der Waals surface area contributed by atoms with E-state index < -0.39 is 0 Å².